The molecular formula is C29H19N3O12S3. The number of benzene rings is 4. The number of hydrogen-bond donors (Lipinski definition) is 6. The van der Waals surface area contributed by atoms with Crippen LogP contribution in [0.15, 0.2) is 97.1 Å². The van der Waals surface area contributed by atoms with E-state index in [1.54, 1.807) is 6.07 Å². The van der Waals surface area contributed by atoms with Crippen molar-refractivity contribution >= 4 is 74.9 Å². The first-order chi connectivity index (χ1) is 21.9. The largest absolute Gasteiger partial charge is 0.506 e. The average molecular weight is 698 g/mol. The number of nitrogens with one attached hydrogen (secondary N) is 1. The van der Waals surface area contributed by atoms with Crippen LogP contribution in [0.25, 0.3) is 27.4 Å². The Bertz CT molecular complexity index is 2920. The molecule has 7 N–H and O–H groups in total. The number of aromatic nitrogens is 1. The number of nitrogens with two attached hydrogens (primary N) is 1. The minimum absolute atomic E-state index is 0.0137. The molecular weight excluding hydrogens is 679 g/mol. The van der Waals surface area contributed by atoms with Crippen LogP contribution in [0.5, 0.6) is 0 Å². The lowest BCUT2D eigenvalue weighted by Gasteiger charge is -2.16. The molecule has 0 saturated heterocycles. The number of fused-ring (bicyclic) bond motifs is 2. The second-order valence-electron chi connectivity index (χ2n) is 10.2. The summed E-state index contributed by atoms with van der Waals surface area (Å²) < 4.78 is 101. The summed E-state index contributed by atoms with van der Waals surface area (Å²) in [7, 11) is -14.9. The third-order valence-electron chi connectivity index (χ3n) is 7.37. The molecule has 4 aromatic rings. The lowest BCUT2D eigenvalue weighted by Crippen LogP contribution is -2.33. The van der Waals surface area contributed by atoms with Gasteiger partial charge in [-0.2, -0.15) is 25.3 Å². The predicted octanol–water partition coefficient (Wildman–Crippen LogP) is 1.77. The van der Waals surface area contributed by atoms with Crippen molar-refractivity contribution in [1.29, 1.82) is 0 Å². The normalized spacial score (nSPS) is 13.3. The van der Waals surface area contributed by atoms with Crippen LogP contribution in [0, 0.1) is 10.4 Å². The van der Waals surface area contributed by atoms with Crippen molar-refractivity contribution in [1.82, 2.24) is 4.98 Å². The van der Waals surface area contributed by atoms with Crippen LogP contribution >= 0.6 is 0 Å². The average Bonchev–Trinajstić information content (AvgIpc) is 2.98. The molecule has 15 nitrogen and oxygen atoms in total. The highest BCUT2D eigenvalue weighted by Crippen LogP contribution is 2.34. The van der Waals surface area contributed by atoms with Crippen molar-refractivity contribution in [3.63, 3.8) is 0 Å². The fraction of sp³-hybridized carbons (Fsp3) is 0. The number of rotatable bonds is 6. The molecule has 2 aliphatic rings. The van der Waals surface area contributed by atoms with Crippen LogP contribution < -0.4 is 27.3 Å². The lowest BCUT2D eigenvalue weighted by molar-refractivity contribution is 0.479. The van der Waals surface area contributed by atoms with Crippen molar-refractivity contribution in [2.24, 2.45) is 0 Å². The Morgan fingerprint density at radius 1 is 0.702 bits per heavy atom. The molecule has 1 aliphatic heterocycles. The molecule has 240 valence electrons. The molecule has 0 spiro atoms. The molecule has 0 unspecified atom stereocenters. The Morgan fingerprint density at radius 3 is 2.00 bits per heavy atom. The second kappa shape index (κ2) is 10.7. The van der Waals surface area contributed by atoms with E-state index in [1.165, 1.54) is 42.5 Å². The number of aliphatic hydroxyl groups is 1. The van der Waals surface area contributed by atoms with E-state index in [-0.39, 0.29) is 43.4 Å². The third kappa shape index (κ3) is 5.37. The Hall–Kier alpha value is -5.24. The topological polar surface area (TPSA) is 268 Å². The molecule has 0 saturated carbocycles. The van der Waals surface area contributed by atoms with E-state index in [4.69, 9.17) is 5.73 Å². The Kier molecular flexibility index (Phi) is 7.19. The van der Waals surface area contributed by atoms with E-state index >= 15 is 0 Å². The van der Waals surface area contributed by atoms with Gasteiger partial charge in [0, 0.05) is 21.4 Å². The Labute approximate surface area is 263 Å². The monoisotopic (exact) mass is 697 g/mol. The summed E-state index contributed by atoms with van der Waals surface area (Å²) in [6.07, 6.45) is 0. The zero-order valence-corrected chi connectivity index (χ0v) is 25.7. The van der Waals surface area contributed by atoms with Gasteiger partial charge in [-0.15, -0.1) is 0 Å². The number of nitrogen functional groups attached to an aromatic ring is 1. The van der Waals surface area contributed by atoms with Gasteiger partial charge < -0.3 is 16.2 Å². The van der Waals surface area contributed by atoms with Crippen LogP contribution in [0.3, 0.4) is 0 Å². The van der Waals surface area contributed by atoms with Crippen molar-refractivity contribution < 1.29 is 44.0 Å². The van der Waals surface area contributed by atoms with Gasteiger partial charge in [-0.05, 0) is 41.8 Å². The fourth-order valence-electron chi connectivity index (χ4n) is 5.40. The highest BCUT2D eigenvalue weighted by molar-refractivity contribution is 7.87. The summed E-state index contributed by atoms with van der Waals surface area (Å²) in [5.74, 6) is -0.736. The van der Waals surface area contributed by atoms with E-state index in [1.807, 2.05) is 0 Å². The molecule has 0 bridgehead atoms. The molecule has 47 heavy (non-hydrogen) atoms. The molecule has 1 aliphatic carbocycles. The zero-order valence-electron chi connectivity index (χ0n) is 23.2. The molecule has 6 rings (SSSR count). The lowest BCUT2D eigenvalue weighted by atomic mass is 9.96. The smallest absolute Gasteiger partial charge is 0.296 e. The summed E-state index contributed by atoms with van der Waals surface area (Å²) >= 11 is 0. The van der Waals surface area contributed by atoms with Gasteiger partial charge in [-0.25, -0.2) is 4.98 Å². The summed E-state index contributed by atoms with van der Waals surface area (Å²) in [4.78, 5) is 28.9. The molecule has 0 aromatic heterocycles. The first-order valence-corrected chi connectivity index (χ1v) is 17.3. The maximum Gasteiger partial charge on any atom is 0.296 e. The van der Waals surface area contributed by atoms with Gasteiger partial charge in [0.2, 0.25) is 0 Å². The molecule has 4 aromatic carbocycles. The number of anilines is 3. The zero-order chi connectivity index (χ0) is 34.2. The van der Waals surface area contributed by atoms with Crippen LogP contribution in [-0.2, 0) is 30.4 Å². The number of nitrogens with zero attached hydrogens (tertiary/aromatic N) is 1. The van der Waals surface area contributed by atoms with Gasteiger partial charge in [-0.1, -0.05) is 36.4 Å². The van der Waals surface area contributed by atoms with Crippen LogP contribution in [-0.4, -0.2) is 49.0 Å². The minimum atomic E-state index is -5.17. The molecule has 0 fully saturated rings. The van der Waals surface area contributed by atoms with Crippen molar-refractivity contribution in [2.75, 3.05) is 11.1 Å². The summed E-state index contributed by atoms with van der Waals surface area (Å²) in [5, 5.41) is 13.7. The van der Waals surface area contributed by atoms with E-state index in [9.17, 15) is 53.6 Å². The van der Waals surface area contributed by atoms with Gasteiger partial charge in [0.25, 0.3) is 35.9 Å². The number of hydrogen-bond acceptors (Lipinski definition) is 12. The van der Waals surface area contributed by atoms with Gasteiger partial charge in [0.1, 0.15) is 15.6 Å². The Morgan fingerprint density at radius 2 is 1.36 bits per heavy atom. The van der Waals surface area contributed by atoms with Gasteiger partial charge in [-0.3, -0.25) is 23.2 Å². The molecule has 0 atom stereocenters. The fourth-order valence-corrected chi connectivity index (χ4v) is 7.28. The van der Waals surface area contributed by atoms with Gasteiger partial charge in [0.15, 0.2) is 5.43 Å². The quantitative estimate of drug-likeness (QED) is 0.107. The minimum Gasteiger partial charge on any atom is -0.506 e. The molecule has 0 amide bonds. The number of aliphatic hydroxyl groups excluding tert-OH is 1. The van der Waals surface area contributed by atoms with Crippen LogP contribution in [0.2, 0.25) is 0 Å². The standard InChI is InChI=1S/C29H19N3O12S3/c30-17-11-20(22(47(42,43)44)12-21(17)46(39,40)41)31-19-9-8-18-24-23(15-6-1-2-7-16(15)28(34)25(19)24)26(29(35)32-18)27(33)13-4-3-5-14(10-13)45(36,37)38/h1-12,31,33H,30H2,(H,36,37,38)(H,39,40,41)(H,42,43,44). The summed E-state index contributed by atoms with van der Waals surface area (Å²) in [6.45, 7) is 0. The van der Waals surface area contributed by atoms with Crippen molar-refractivity contribution in [3.05, 3.63) is 115 Å². The van der Waals surface area contributed by atoms with Crippen molar-refractivity contribution in [3.8, 4) is 0 Å². The van der Waals surface area contributed by atoms with Crippen molar-refractivity contribution in [2.45, 2.75) is 14.7 Å². The Balaban J connectivity index is 1.79. The molecule has 1 heterocycles. The highest BCUT2D eigenvalue weighted by Gasteiger charge is 2.25. The molecule has 18 heteroatoms. The second-order valence-corrected chi connectivity index (χ2v) is 14.4. The van der Waals surface area contributed by atoms with Gasteiger partial charge >= 0.3 is 0 Å². The van der Waals surface area contributed by atoms with Crippen LogP contribution in [0.1, 0.15) is 5.56 Å². The maximum absolute atomic E-state index is 14.0. The van der Waals surface area contributed by atoms with Crippen LogP contribution in [0.4, 0.5) is 17.1 Å². The third-order valence-corrected chi connectivity index (χ3v) is 10.0. The summed E-state index contributed by atoms with van der Waals surface area (Å²) in [6, 6.07) is 14.3. The predicted molar refractivity (Wildman–Crippen MR) is 169 cm³/mol. The molecule has 0 radical (unpaired) electrons. The first kappa shape index (κ1) is 31.7. The van der Waals surface area contributed by atoms with E-state index in [0.29, 0.717) is 6.07 Å². The summed E-state index contributed by atoms with van der Waals surface area (Å²) in [5.41, 5.74) is 2.73. The SMILES string of the molecule is Nc1cc(Nc2ccc3nc(=O)c(=C(O)c4cccc(S(=O)(=O)O)c4)c4c5ccccc5c(=O)c2c3=4)c(S(=O)(=O)O)cc1S(=O)(=O)O. The highest BCUT2D eigenvalue weighted by atomic mass is 32.2. The van der Waals surface area contributed by atoms with E-state index < -0.39 is 78.4 Å². The van der Waals surface area contributed by atoms with Gasteiger partial charge in [0.05, 0.1) is 38.1 Å². The first-order valence-electron chi connectivity index (χ1n) is 13.0. The van der Waals surface area contributed by atoms with E-state index in [2.05, 4.69) is 10.3 Å². The maximum atomic E-state index is 14.0. The van der Waals surface area contributed by atoms with E-state index in [0.717, 1.165) is 18.2 Å².